The first-order valence-electron chi connectivity index (χ1n) is 9.72. The fourth-order valence-electron chi connectivity index (χ4n) is 4.38. The van der Waals surface area contributed by atoms with Crippen LogP contribution in [0.25, 0.3) is 0 Å². The maximum Gasteiger partial charge on any atom is 0.332 e. The summed E-state index contributed by atoms with van der Waals surface area (Å²) in [5, 5.41) is 2.88. The van der Waals surface area contributed by atoms with Crippen molar-refractivity contribution in [2.45, 2.75) is 51.4 Å². The van der Waals surface area contributed by atoms with E-state index in [1.165, 1.54) is 28.7 Å². The van der Waals surface area contributed by atoms with Gasteiger partial charge in [0.25, 0.3) is 0 Å². The average molecular weight is 378 g/mol. The molecule has 6 nitrogen and oxygen atoms in total. The molecule has 2 amide bonds. The van der Waals surface area contributed by atoms with Gasteiger partial charge in [0.1, 0.15) is 0 Å². The van der Waals surface area contributed by atoms with Crippen LogP contribution >= 0.6 is 0 Å². The van der Waals surface area contributed by atoms with Crippen molar-refractivity contribution in [3.05, 3.63) is 28.3 Å². The van der Waals surface area contributed by atoms with Crippen molar-refractivity contribution < 1.29 is 13.2 Å². The molecule has 0 atom stereocenters. The number of hydrogen-bond donors (Lipinski definition) is 2. The number of rotatable bonds is 6. The summed E-state index contributed by atoms with van der Waals surface area (Å²) in [6.07, 6.45) is 7.97. The number of nitrogens with zero attached hydrogens (tertiary/aromatic N) is 1. The highest BCUT2D eigenvalue weighted by Gasteiger charge is 2.26. The lowest BCUT2D eigenvalue weighted by Gasteiger charge is -2.30. The maximum absolute atomic E-state index is 12.4. The van der Waals surface area contributed by atoms with Crippen LogP contribution in [0.3, 0.4) is 0 Å². The van der Waals surface area contributed by atoms with Crippen molar-refractivity contribution in [1.29, 1.82) is 0 Å². The Bertz CT molecular complexity index is 784. The van der Waals surface area contributed by atoms with E-state index in [2.05, 4.69) is 21.0 Å². The highest BCUT2D eigenvalue weighted by Crippen LogP contribution is 2.38. The third kappa shape index (κ3) is 3.74. The standard InChI is InChI=1S/C19H27N3O3S/c23-19(21-26(24,25)12-4-11-22-9-3-10-22)20-18-16-7-1-5-14(16)13-15-6-2-8-17(15)18/h13H,1-12H2,(H2,20,21,23). The number of sulfonamides is 1. The molecule has 26 heavy (non-hydrogen) atoms. The largest absolute Gasteiger partial charge is 0.332 e. The van der Waals surface area contributed by atoms with E-state index in [9.17, 15) is 13.2 Å². The SMILES string of the molecule is O=C(Nc1c2c(cc3c1CCC3)CCC2)NS(=O)(=O)CCCN1CCC1. The van der Waals surface area contributed by atoms with Crippen LogP contribution in [0, 0.1) is 0 Å². The highest BCUT2D eigenvalue weighted by molar-refractivity contribution is 7.90. The molecule has 0 unspecified atom stereocenters. The summed E-state index contributed by atoms with van der Waals surface area (Å²) in [6, 6.07) is 1.67. The number of carbonyl (C=O) groups is 1. The molecule has 1 aliphatic heterocycles. The van der Waals surface area contributed by atoms with Gasteiger partial charge in [0, 0.05) is 5.69 Å². The summed E-state index contributed by atoms with van der Waals surface area (Å²) >= 11 is 0. The van der Waals surface area contributed by atoms with E-state index >= 15 is 0 Å². The monoisotopic (exact) mass is 377 g/mol. The van der Waals surface area contributed by atoms with Crippen molar-refractivity contribution in [2.75, 3.05) is 30.7 Å². The molecule has 2 N–H and O–H groups in total. The minimum atomic E-state index is -3.60. The fraction of sp³-hybridized carbons (Fsp3) is 0.632. The zero-order valence-corrected chi connectivity index (χ0v) is 16.0. The number of urea groups is 1. The van der Waals surface area contributed by atoms with Gasteiger partial charge < -0.3 is 10.2 Å². The number of anilines is 1. The molecule has 2 aliphatic carbocycles. The molecule has 0 aromatic heterocycles. The van der Waals surface area contributed by atoms with E-state index in [0.717, 1.165) is 63.8 Å². The average Bonchev–Trinajstić information content (AvgIpc) is 3.17. The van der Waals surface area contributed by atoms with Crippen molar-refractivity contribution in [3.8, 4) is 0 Å². The van der Waals surface area contributed by atoms with E-state index in [4.69, 9.17) is 0 Å². The number of nitrogens with one attached hydrogen (secondary N) is 2. The highest BCUT2D eigenvalue weighted by atomic mass is 32.2. The second-order valence-electron chi connectivity index (χ2n) is 7.66. The molecule has 1 fully saturated rings. The predicted molar refractivity (Wildman–Crippen MR) is 102 cm³/mol. The van der Waals surface area contributed by atoms with E-state index < -0.39 is 16.1 Å². The minimum Gasteiger partial charge on any atom is -0.307 e. The second kappa shape index (κ2) is 7.19. The molecule has 142 valence electrons. The van der Waals surface area contributed by atoms with Crippen LogP contribution in [-0.4, -0.2) is 44.7 Å². The Morgan fingerprint density at radius 1 is 1.00 bits per heavy atom. The fourth-order valence-corrected chi connectivity index (χ4v) is 5.33. The van der Waals surface area contributed by atoms with Gasteiger partial charge >= 0.3 is 6.03 Å². The molecule has 1 saturated heterocycles. The molecule has 7 heteroatoms. The zero-order chi connectivity index (χ0) is 18.1. The van der Waals surface area contributed by atoms with Crippen LogP contribution in [0.2, 0.25) is 0 Å². The zero-order valence-electron chi connectivity index (χ0n) is 15.1. The van der Waals surface area contributed by atoms with Gasteiger partial charge in [-0.3, -0.25) is 0 Å². The van der Waals surface area contributed by atoms with Crippen LogP contribution in [0.5, 0.6) is 0 Å². The quantitative estimate of drug-likeness (QED) is 0.797. The van der Waals surface area contributed by atoms with Gasteiger partial charge in [-0.05, 0) is 93.3 Å². The van der Waals surface area contributed by atoms with Crippen LogP contribution < -0.4 is 10.0 Å². The molecular formula is C19H27N3O3S. The van der Waals surface area contributed by atoms with Gasteiger partial charge in [0.05, 0.1) is 5.75 Å². The lowest BCUT2D eigenvalue weighted by Crippen LogP contribution is -2.40. The number of likely N-dealkylation sites (tertiary alicyclic amines) is 1. The second-order valence-corrected chi connectivity index (χ2v) is 9.50. The Hall–Kier alpha value is -1.60. The molecule has 4 rings (SSSR count). The topological polar surface area (TPSA) is 78.5 Å². The minimum absolute atomic E-state index is 0.0120. The van der Waals surface area contributed by atoms with E-state index in [1.807, 2.05) is 0 Å². The summed E-state index contributed by atoms with van der Waals surface area (Å²) in [6.45, 7) is 2.89. The Labute approximate surface area is 155 Å². The van der Waals surface area contributed by atoms with Gasteiger partial charge in [-0.15, -0.1) is 0 Å². The third-order valence-electron chi connectivity index (χ3n) is 5.80. The van der Waals surface area contributed by atoms with Crippen LogP contribution in [0.15, 0.2) is 6.07 Å². The molecule has 1 aromatic carbocycles. The van der Waals surface area contributed by atoms with Gasteiger partial charge in [0.2, 0.25) is 10.0 Å². The lowest BCUT2D eigenvalue weighted by molar-refractivity contribution is 0.182. The normalized spacial score (nSPS) is 18.9. The number of amides is 2. The number of fused-ring (bicyclic) bond motifs is 2. The van der Waals surface area contributed by atoms with E-state index in [0.29, 0.717) is 6.42 Å². The van der Waals surface area contributed by atoms with Crippen molar-refractivity contribution >= 4 is 21.7 Å². The molecule has 1 heterocycles. The Morgan fingerprint density at radius 3 is 2.23 bits per heavy atom. The summed E-state index contributed by atoms with van der Waals surface area (Å²) in [5.74, 6) is -0.0120. The first-order valence-corrected chi connectivity index (χ1v) is 11.4. The molecule has 0 saturated carbocycles. The molecule has 1 aromatic rings. The predicted octanol–water partition coefficient (Wildman–Crippen LogP) is 2.21. The Balaban J connectivity index is 1.40. The molecular weight excluding hydrogens is 350 g/mol. The number of hydrogen-bond acceptors (Lipinski definition) is 4. The lowest BCUT2D eigenvalue weighted by atomic mass is 9.99. The molecule has 0 radical (unpaired) electrons. The van der Waals surface area contributed by atoms with Crippen molar-refractivity contribution in [3.63, 3.8) is 0 Å². The first-order chi connectivity index (χ1) is 12.5. The molecule has 3 aliphatic rings. The van der Waals surface area contributed by atoms with Gasteiger partial charge in [0.15, 0.2) is 0 Å². The number of aryl methyl sites for hydroxylation is 2. The van der Waals surface area contributed by atoms with Crippen LogP contribution in [0.1, 0.15) is 47.9 Å². The van der Waals surface area contributed by atoms with Gasteiger partial charge in [-0.25, -0.2) is 17.9 Å². The van der Waals surface area contributed by atoms with E-state index in [1.54, 1.807) is 0 Å². The van der Waals surface area contributed by atoms with E-state index in [-0.39, 0.29) is 5.75 Å². The summed E-state index contributed by atoms with van der Waals surface area (Å²) in [5.41, 5.74) is 5.92. The third-order valence-corrected chi connectivity index (χ3v) is 7.12. The Kier molecular flexibility index (Phi) is 4.92. The van der Waals surface area contributed by atoms with Crippen LogP contribution in [0.4, 0.5) is 10.5 Å². The molecule has 0 spiro atoms. The summed E-state index contributed by atoms with van der Waals surface area (Å²) < 4.78 is 26.6. The van der Waals surface area contributed by atoms with Crippen molar-refractivity contribution in [2.24, 2.45) is 0 Å². The van der Waals surface area contributed by atoms with Crippen molar-refractivity contribution in [1.82, 2.24) is 9.62 Å². The Morgan fingerprint density at radius 2 is 1.65 bits per heavy atom. The van der Waals surface area contributed by atoms with Gasteiger partial charge in [-0.2, -0.15) is 0 Å². The van der Waals surface area contributed by atoms with Crippen LogP contribution in [-0.2, 0) is 35.7 Å². The maximum atomic E-state index is 12.4. The number of benzene rings is 1. The van der Waals surface area contributed by atoms with Gasteiger partial charge in [-0.1, -0.05) is 6.07 Å². The summed E-state index contributed by atoms with van der Waals surface area (Å²) in [7, 11) is -3.60. The molecule has 0 bridgehead atoms. The smallest absolute Gasteiger partial charge is 0.307 e. The first kappa shape index (κ1) is 17.8. The summed E-state index contributed by atoms with van der Waals surface area (Å²) in [4.78, 5) is 14.6. The number of carbonyl (C=O) groups excluding carboxylic acids is 1.